The van der Waals surface area contributed by atoms with E-state index in [1.807, 2.05) is 0 Å². The van der Waals surface area contributed by atoms with Gasteiger partial charge in [-0.3, -0.25) is 9.78 Å². The summed E-state index contributed by atoms with van der Waals surface area (Å²) in [6, 6.07) is 3.22. The molecule has 4 N–H and O–H groups in total. The van der Waals surface area contributed by atoms with Crippen LogP contribution in [0.25, 0.3) is 11.1 Å². The average Bonchev–Trinajstić information content (AvgIpc) is 2.69. The highest BCUT2D eigenvalue weighted by atomic mass is 16.5. The van der Waals surface area contributed by atoms with Crippen molar-refractivity contribution in [3.05, 3.63) is 22.7 Å². The van der Waals surface area contributed by atoms with E-state index in [1.165, 1.54) is 0 Å². The number of hydrogen-bond acceptors (Lipinski definition) is 6. The summed E-state index contributed by atoms with van der Waals surface area (Å²) in [4.78, 5) is 24.8. The molecule has 0 unspecified atom stereocenters. The molecule has 0 bridgehead atoms. The Hall–Kier alpha value is -2.44. The van der Waals surface area contributed by atoms with E-state index in [9.17, 15) is 9.59 Å². The Kier molecular flexibility index (Phi) is 3.74. The third kappa shape index (κ3) is 3.06. The SMILES string of the molecule is CCOC(=O)CCNc1cc2[nH]c(=O)oc2cc1N. The fraction of sp³-hybridized carbons (Fsp3) is 0.333. The van der Waals surface area contributed by atoms with E-state index in [2.05, 4.69) is 10.3 Å². The highest BCUT2D eigenvalue weighted by molar-refractivity contribution is 5.85. The zero-order valence-electron chi connectivity index (χ0n) is 10.5. The summed E-state index contributed by atoms with van der Waals surface area (Å²) in [7, 11) is 0. The van der Waals surface area contributed by atoms with Crippen molar-refractivity contribution in [3.8, 4) is 0 Å². The molecule has 1 aromatic carbocycles. The number of carbonyl (C=O) groups excluding carboxylic acids is 1. The standard InChI is InChI=1S/C12H15N3O4/c1-2-18-11(16)3-4-14-8-6-9-10(5-7(8)13)19-12(17)15-9/h5-6,14H,2-4,13H2,1H3,(H,15,17). The van der Waals surface area contributed by atoms with Gasteiger partial charge in [-0.25, -0.2) is 4.79 Å². The van der Waals surface area contributed by atoms with Gasteiger partial charge in [-0.1, -0.05) is 0 Å². The third-order valence-corrected chi connectivity index (χ3v) is 2.54. The number of benzene rings is 1. The molecule has 1 heterocycles. The van der Waals surface area contributed by atoms with Gasteiger partial charge in [0, 0.05) is 12.6 Å². The fourth-order valence-corrected chi connectivity index (χ4v) is 1.70. The van der Waals surface area contributed by atoms with Crippen LogP contribution in [0.15, 0.2) is 21.3 Å². The molecule has 0 saturated heterocycles. The minimum absolute atomic E-state index is 0.243. The maximum absolute atomic E-state index is 11.2. The van der Waals surface area contributed by atoms with Gasteiger partial charge in [0.1, 0.15) is 0 Å². The van der Waals surface area contributed by atoms with Gasteiger partial charge in [0.15, 0.2) is 5.58 Å². The van der Waals surface area contributed by atoms with Crippen molar-refractivity contribution < 1.29 is 13.9 Å². The molecule has 0 spiro atoms. The molecule has 0 aliphatic heterocycles. The second-order valence-electron chi connectivity index (χ2n) is 3.93. The second-order valence-corrected chi connectivity index (χ2v) is 3.93. The Morgan fingerprint density at radius 3 is 3.05 bits per heavy atom. The molecule has 19 heavy (non-hydrogen) atoms. The minimum Gasteiger partial charge on any atom is -0.466 e. The van der Waals surface area contributed by atoms with Crippen LogP contribution in [0.5, 0.6) is 0 Å². The summed E-state index contributed by atoms with van der Waals surface area (Å²) in [5.41, 5.74) is 7.85. The summed E-state index contributed by atoms with van der Waals surface area (Å²) < 4.78 is 9.70. The molecular weight excluding hydrogens is 250 g/mol. The van der Waals surface area contributed by atoms with Gasteiger partial charge in [0.2, 0.25) is 0 Å². The lowest BCUT2D eigenvalue weighted by molar-refractivity contribution is -0.142. The molecule has 1 aromatic heterocycles. The molecule has 0 saturated carbocycles. The fourth-order valence-electron chi connectivity index (χ4n) is 1.70. The van der Waals surface area contributed by atoms with Crippen LogP contribution >= 0.6 is 0 Å². The van der Waals surface area contributed by atoms with Gasteiger partial charge in [0.25, 0.3) is 0 Å². The van der Waals surface area contributed by atoms with Crippen molar-refractivity contribution in [2.24, 2.45) is 0 Å². The van der Waals surface area contributed by atoms with Crippen LogP contribution in [-0.2, 0) is 9.53 Å². The quantitative estimate of drug-likeness (QED) is 0.551. The molecule has 0 radical (unpaired) electrons. The smallest absolute Gasteiger partial charge is 0.417 e. The van der Waals surface area contributed by atoms with Crippen molar-refractivity contribution in [1.82, 2.24) is 4.98 Å². The van der Waals surface area contributed by atoms with Gasteiger partial charge < -0.3 is 20.2 Å². The normalized spacial score (nSPS) is 10.6. The number of H-pyrrole nitrogens is 1. The molecule has 0 aliphatic carbocycles. The maximum Gasteiger partial charge on any atom is 0.417 e. The van der Waals surface area contributed by atoms with Crippen molar-refractivity contribution in [2.45, 2.75) is 13.3 Å². The summed E-state index contributed by atoms with van der Waals surface area (Å²) in [5.74, 6) is -0.801. The number of aromatic nitrogens is 1. The van der Waals surface area contributed by atoms with Crippen LogP contribution in [0.4, 0.5) is 11.4 Å². The average molecular weight is 265 g/mol. The molecule has 2 aromatic rings. The summed E-state index contributed by atoms with van der Waals surface area (Å²) >= 11 is 0. The van der Waals surface area contributed by atoms with Crippen LogP contribution in [0.1, 0.15) is 13.3 Å². The van der Waals surface area contributed by atoms with Crippen molar-refractivity contribution in [1.29, 1.82) is 0 Å². The first-order valence-electron chi connectivity index (χ1n) is 5.92. The Morgan fingerprint density at radius 2 is 2.32 bits per heavy atom. The maximum atomic E-state index is 11.2. The Morgan fingerprint density at radius 1 is 1.53 bits per heavy atom. The van der Waals surface area contributed by atoms with Gasteiger partial charge in [0.05, 0.1) is 29.9 Å². The first-order valence-corrected chi connectivity index (χ1v) is 5.92. The number of nitrogen functional groups attached to an aromatic ring is 1. The summed E-state index contributed by atoms with van der Waals surface area (Å²) in [6.07, 6.45) is 0.243. The Labute approximate surface area is 108 Å². The predicted octanol–water partition coefficient (Wildman–Crippen LogP) is 1.07. The lowest BCUT2D eigenvalue weighted by Crippen LogP contribution is -2.12. The van der Waals surface area contributed by atoms with Crippen LogP contribution in [-0.4, -0.2) is 24.1 Å². The van der Waals surface area contributed by atoms with Crippen molar-refractivity contribution in [2.75, 3.05) is 24.2 Å². The number of fused-ring (bicyclic) bond motifs is 1. The van der Waals surface area contributed by atoms with Crippen LogP contribution in [0.3, 0.4) is 0 Å². The summed E-state index contributed by atoms with van der Waals surface area (Å²) in [5, 5.41) is 3.01. The number of oxazole rings is 1. The highest BCUT2D eigenvalue weighted by Gasteiger charge is 2.07. The van der Waals surface area contributed by atoms with Gasteiger partial charge in [-0.15, -0.1) is 0 Å². The molecule has 0 atom stereocenters. The number of nitrogens with one attached hydrogen (secondary N) is 2. The van der Waals surface area contributed by atoms with E-state index in [1.54, 1.807) is 19.1 Å². The van der Waals surface area contributed by atoms with Crippen LogP contribution < -0.4 is 16.8 Å². The van der Waals surface area contributed by atoms with E-state index in [0.717, 1.165) is 0 Å². The second kappa shape index (κ2) is 5.47. The Balaban J connectivity index is 2.06. The Bertz CT molecular complexity index is 644. The lowest BCUT2D eigenvalue weighted by atomic mass is 10.2. The molecule has 0 amide bonds. The van der Waals surface area contributed by atoms with Gasteiger partial charge >= 0.3 is 11.7 Å². The van der Waals surface area contributed by atoms with E-state index in [-0.39, 0.29) is 12.4 Å². The number of ether oxygens (including phenoxy) is 1. The molecule has 7 heteroatoms. The number of anilines is 2. The largest absolute Gasteiger partial charge is 0.466 e. The molecule has 2 rings (SSSR count). The minimum atomic E-state index is -0.530. The summed E-state index contributed by atoms with van der Waals surface area (Å²) in [6.45, 7) is 2.52. The van der Waals surface area contributed by atoms with Crippen LogP contribution in [0, 0.1) is 0 Å². The molecule has 7 nitrogen and oxygen atoms in total. The van der Waals surface area contributed by atoms with Crippen molar-refractivity contribution in [3.63, 3.8) is 0 Å². The number of rotatable bonds is 5. The van der Waals surface area contributed by atoms with E-state index < -0.39 is 5.76 Å². The predicted molar refractivity (Wildman–Crippen MR) is 71.0 cm³/mol. The van der Waals surface area contributed by atoms with E-state index in [0.29, 0.717) is 35.6 Å². The molecule has 0 fully saturated rings. The number of hydrogen-bond donors (Lipinski definition) is 3. The molecule has 102 valence electrons. The molecular formula is C12H15N3O4. The zero-order valence-corrected chi connectivity index (χ0v) is 10.5. The number of esters is 1. The monoisotopic (exact) mass is 265 g/mol. The van der Waals surface area contributed by atoms with Gasteiger partial charge in [-0.2, -0.15) is 0 Å². The van der Waals surface area contributed by atoms with Gasteiger partial charge in [-0.05, 0) is 13.0 Å². The van der Waals surface area contributed by atoms with Crippen molar-refractivity contribution >= 4 is 28.4 Å². The van der Waals surface area contributed by atoms with E-state index >= 15 is 0 Å². The highest BCUT2D eigenvalue weighted by Crippen LogP contribution is 2.24. The lowest BCUT2D eigenvalue weighted by Gasteiger charge is -2.08. The first-order chi connectivity index (χ1) is 9.10. The number of carbonyl (C=O) groups is 1. The molecule has 0 aliphatic rings. The number of aromatic amines is 1. The van der Waals surface area contributed by atoms with Crippen LogP contribution in [0.2, 0.25) is 0 Å². The number of nitrogens with two attached hydrogens (primary N) is 1. The zero-order chi connectivity index (χ0) is 13.8. The van der Waals surface area contributed by atoms with E-state index in [4.69, 9.17) is 14.9 Å². The topological polar surface area (TPSA) is 110 Å². The third-order valence-electron chi connectivity index (χ3n) is 2.54. The first kappa shape index (κ1) is 13.0.